The summed E-state index contributed by atoms with van der Waals surface area (Å²) in [5.41, 5.74) is 3.13. The fourth-order valence-electron chi connectivity index (χ4n) is 4.55. The number of aromatic nitrogens is 3. The molecule has 33 heavy (non-hydrogen) atoms. The van der Waals surface area contributed by atoms with E-state index in [9.17, 15) is 9.59 Å². The largest absolute Gasteiger partial charge is 0.353 e. The number of nitrogens with zero attached hydrogens (tertiary/aromatic N) is 5. The Hall–Kier alpha value is -3.29. The van der Waals surface area contributed by atoms with Crippen LogP contribution < -0.4 is 10.2 Å². The van der Waals surface area contributed by atoms with Crippen LogP contribution in [0, 0.1) is 5.92 Å². The fraction of sp³-hybridized carbons (Fsp3) is 0.480. The summed E-state index contributed by atoms with van der Waals surface area (Å²) in [5.74, 6) is 0.740. The number of carbonyl (C=O) groups is 2. The molecule has 2 fully saturated rings. The average molecular weight is 449 g/mol. The first-order chi connectivity index (χ1) is 16.0. The quantitative estimate of drug-likeness (QED) is 0.655. The Morgan fingerprint density at radius 1 is 1.27 bits per heavy atom. The third-order valence-corrected chi connectivity index (χ3v) is 6.40. The first-order valence-electron chi connectivity index (χ1n) is 11.7. The maximum Gasteiger partial charge on any atom is 0.225 e. The molecule has 0 aliphatic carbocycles. The molecule has 4 heterocycles. The molecule has 1 atom stereocenters. The Morgan fingerprint density at radius 3 is 2.67 bits per heavy atom. The molecule has 2 aromatic rings. The van der Waals surface area contributed by atoms with E-state index in [-0.39, 0.29) is 36.1 Å². The maximum atomic E-state index is 12.7. The Balaban J connectivity index is 1.36. The summed E-state index contributed by atoms with van der Waals surface area (Å²) in [6, 6.07) is 4.07. The molecular formula is C25H32N6O2. The maximum absolute atomic E-state index is 12.7. The van der Waals surface area contributed by atoms with Crippen molar-refractivity contribution in [3.8, 4) is 11.1 Å². The number of hydrogen-bond acceptors (Lipinski definition) is 6. The number of pyridine rings is 1. The van der Waals surface area contributed by atoms with E-state index >= 15 is 0 Å². The Morgan fingerprint density at radius 2 is 2.00 bits per heavy atom. The average Bonchev–Trinajstić information content (AvgIpc) is 3.20. The fourth-order valence-corrected chi connectivity index (χ4v) is 4.55. The van der Waals surface area contributed by atoms with Crippen molar-refractivity contribution in [2.75, 3.05) is 31.1 Å². The van der Waals surface area contributed by atoms with Crippen LogP contribution in [0.2, 0.25) is 0 Å². The summed E-state index contributed by atoms with van der Waals surface area (Å²) in [6.07, 6.45) is 9.12. The molecule has 1 N–H and O–H groups in total. The van der Waals surface area contributed by atoms with Crippen LogP contribution in [0.4, 0.5) is 5.95 Å². The molecule has 2 saturated heterocycles. The van der Waals surface area contributed by atoms with E-state index < -0.39 is 0 Å². The second kappa shape index (κ2) is 10.1. The molecule has 4 rings (SSSR count). The molecule has 0 radical (unpaired) electrons. The predicted octanol–water partition coefficient (Wildman–Crippen LogP) is 2.78. The topological polar surface area (TPSA) is 91.3 Å². The molecule has 0 spiro atoms. The molecule has 2 aliphatic heterocycles. The molecule has 174 valence electrons. The van der Waals surface area contributed by atoms with Crippen molar-refractivity contribution < 1.29 is 9.59 Å². The summed E-state index contributed by atoms with van der Waals surface area (Å²) in [5, 5.41) is 3.16. The van der Waals surface area contributed by atoms with E-state index in [1.54, 1.807) is 23.4 Å². The highest BCUT2D eigenvalue weighted by Crippen LogP contribution is 2.29. The lowest BCUT2D eigenvalue weighted by Gasteiger charge is -2.33. The summed E-state index contributed by atoms with van der Waals surface area (Å²) in [7, 11) is 0. The van der Waals surface area contributed by atoms with Gasteiger partial charge in [0.25, 0.3) is 0 Å². The first-order valence-corrected chi connectivity index (χ1v) is 11.7. The van der Waals surface area contributed by atoms with Crippen molar-refractivity contribution >= 4 is 17.8 Å². The van der Waals surface area contributed by atoms with Crippen molar-refractivity contribution in [3.63, 3.8) is 0 Å². The van der Waals surface area contributed by atoms with E-state index in [0.29, 0.717) is 13.1 Å². The van der Waals surface area contributed by atoms with E-state index in [1.165, 1.54) is 0 Å². The number of carbonyl (C=O) groups excluding carboxylic acids is 2. The molecule has 0 aromatic carbocycles. The molecule has 0 saturated carbocycles. The van der Waals surface area contributed by atoms with Gasteiger partial charge >= 0.3 is 0 Å². The third kappa shape index (κ3) is 5.21. The van der Waals surface area contributed by atoms with Crippen molar-refractivity contribution in [3.05, 3.63) is 49.1 Å². The summed E-state index contributed by atoms with van der Waals surface area (Å²) in [4.78, 5) is 42.3. The molecule has 2 aromatic heterocycles. The molecular weight excluding hydrogens is 416 g/mol. The zero-order chi connectivity index (χ0) is 23.4. The monoisotopic (exact) mass is 448 g/mol. The summed E-state index contributed by atoms with van der Waals surface area (Å²) in [6.45, 7) is 10.5. The lowest BCUT2D eigenvalue weighted by Crippen LogP contribution is -2.47. The highest BCUT2D eigenvalue weighted by molar-refractivity contribution is 5.89. The Labute approximate surface area is 195 Å². The van der Waals surface area contributed by atoms with Crippen LogP contribution in [-0.4, -0.2) is 63.9 Å². The minimum atomic E-state index is -0.270. The van der Waals surface area contributed by atoms with Gasteiger partial charge in [0.1, 0.15) is 0 Å². The molecule has 2 aliphatic rings. The number of anilines is 1. The second-order valence-corrected chi connectivity index (χ2v) is 9.12. The van der Waals surface area contributed by atoms with Crippen molar-refractivity contribution in [1.82, 2.24) is 25.2 Å². The predicted molar refractivity (Wildman–Crippen MR) is 128 cm³/mol. The smallest absolute Gasteiger partial charge is 0.225 e. The minimum Gasteiger partial charge on any atom is -0.353 e. The van der Waals surface area contributed by atoms with Crippen LogP contribution in [0.25, 0.3) is 11.1 Å². The number of likely N-dealkylation sites (tertiary alicyclic amines) is 1. The lowest BCUT2D eigenvalue weighted by atomic mass is 10.00. The molecule has 0 bridgehead atoms. The van der Waals surface area contributed by atoms with Crippen molar-refractivity contribution in [1.29, 1.82) is 0 Å². The Kier molecular flexibility index (Phi) is 7.01. The standard InChI is InChI=1S/C25H32N6O2/c1-4-11-31-16-19(14-22(31)32)24(33)28-20-7-12-30(13-8-20)25-27-15-21(23(29-25)17(2)3)18-5-9-26-10-6-18/h4-6,9-10,15,17,19-20H,1,7-8,11-14,16H2,2-3H3,(H,28,33)/t19-/m0/s1. The van der Waals surface area contributed by atoms with E-state index in [1.807, 2.05) is 18.3 Å². The Bertz CT molecular complexity index is 1000. The number of hydrogen-bond donors (Lipinski definition) is 1. The summed E-state index contributed by atoms with van der Waals surface area (Å²) < 4.78 is 0. The first kappa shape index (κ1) is 22.9. The van der Waals surface area contributed by atoms with Crippen LogP contribution in [0.5, 0.6) is 0 Å². The van der Waals surface area contributed by atoms with Crippen LogP contribution >= 0.6 is 0 Å². The van der Waals surface area contributed by atoms with Crippen molar-refractivity contribution in [2.45, 2.75) is 45.1 Å². The van der Waals surface area contributed by atoms with E-state index in [0.717, 1.165) is 48.7 Å². The van der Waals surface area contributed by atoms with Gasteiger partial charge in [-0.2, -0.15) is 0 Å². The van der Waals surface area contributed by atoms with Crippen LogP contribution in [0.3, 0.4) is 0 Å². The van der Waals surface area contributed by atoms with Gasteiger partial charge in [-0.1, -0.05) is 19.9 Å². The van der Waals surface area contributed by atoms with Gasteiger partial charge in [0.05, 0.1) is 11.6 Å². The minimum absolute atomic E-state index is 0.0200. The van der Waals surface area contributed by atoms with Crippen molar-refractivity contribution in [2.24, 2.45) is 5.92 Å². The van der Waals surface area contributed by atoms with Crippen LogP contribution in [0.15, 0.2) is 43.4 Å². The SMILES string of the molecule is C=CCN1C[C@@H](C(=O)NC2CCN(c3ncc(-c4ccncc4)c(C(C)C)n3)CC2)CC1=O. The van der Waals surface area contributed by atoms with Gasteiger partial charge in [-0.25, -0.2) is 9.97 Å². The lowest BCUT2D eigenvalue weighted by molar-refractivity contribution is -0.129. The zero-order valence-electron chi connectivity index (χ0n) is 19.4. The van der Waals surface area contributed by atoms with Gasteiger partial charge < -0.3 is 15.1 Å². The second-order valence-electron chi connectivity index (χ2n) is 9.12. The third-order valence-electron chi connectivity index (χ3n) is 6.40. The normalized spacial score (nSPS) is 19.2. The zero-order valence-corrected chi connectivity index (χ0v) is 19.4. The van der Waals surface area contributed by atoms with Gasteiger partial charge in [0, 0.05) is 62.8 Å². The van der Waals surface area contributed by atoms with Crippen LogP contribution in [0.1, 0.15) is 44.7 Å². The van der Waals surface area contributed by atoms with E-state index in [2.05, 4.69) is 40.6 Å². The highest BCUT2D eigenvalue weighted by atomic mass is 16.2. The van der Waals surface area contributed by atoms with Gasteiger partial charge in [-0.15, -0.1) is 6.58 Å². The van der Waals surface area contributed by atoms with Gasteiger partial charge in [-0.05, 0) is 36.5 Å². The number of piperidine rings is 1. The molecule has 8 nitrogen and oxygen atoms in total. The van der Waals surface area contributed by atoms with Gasteiger partial charge in [-0.3, -0.25) is 14.6 Å². The number of rotatable bonds is 7. The molecule has 0 unspecified atom stereocenters. The number of amides is 2. The highest BCUT2D eigenvalue weighted by Gasteiger charge is 2.35. The van der Waals surface area contributed by atoms with Gasteiger partial charge in [0.15, 0.2) is 0 Å². The van der Waals surface area contributed by atoms with E-state index in [4.69, 9.17) is 4.98 Å². The molecule has 2 amide bonds. The number of nitrogens with one attached hydrogen (secondary N) is 1. The summed E-state index contributed by atoms with van der Waals surface area (Å²) >= 11 is 0. The molecule has 8 heteroatoms. The van der Waals surface area contributed by atoms with Gasteiger partial charge in [0.2, 0.25) is 17.8 Å². The van der Waals surface area contributed by atoms with Crippen LogP contribution in [-0.2, 0) is 9.59 Å².